The standard InChI is InChI=1S/C7H13F2NO/c8-6(9)7(1-3-10)2-4-11-5-7/h6H,1-5,10H2. The van der Waals surface area contributed by atoms with Crippen molar-refractivity contribution >= 4 is 0 Å². The first-order chi connectivity index (χ1) is 5.21. The van der Waals surface area contributed by atoms with E-state index in [9.17, 15) is 8.78 Å². The third-order valence-electron chi connectivity index (χ3n) is 2.24. The van der Waals surface area contributed by atoms with Crippen LogP contribution < -0.4 is 5.73 Å². The van der Waals surface area contributed by atoms with E-state index < -0.39 is 11.8 Å². The van der Waals surface area contributed by atoms with E-state index in [-0.39, 0.29) is 6.61 Å². The Bertz CT molecular complexity index is 124. The molecule has 0 saturated carbocycles. The average molecular weight is 165 g/mol. The Morgan fingerprint density at radius 3 is 2.64 bits per heavy atom. The molecule has 0 spiro atoms. The molecule has 1 rings (SSSR count). The van der Waals surface area contributed by atoms with Crippen LogP contribution in [-0.4, -0.2) is 26.2 Å². The van der Waals surface area contributed by atoms with Crippen LogP contribution >= 0.6 is 0 Å². The smallest absolute Gasteiger partial charge is 0.246 e. The van der Waals surface area contributed by atoms with Gasteiger partial charge in [-0.3, -0.25) is 0 Å². The minimum atomic E-state index is -2.30. The van der Waals surface area contributed by atoms with E-state index in [2.05, 4.69) is 0 Å². The van der Waals surface area contributed by atoms with Crippen LogP contribution in [-0.2, 0) is 4.74 Å². The molecular weight excluding hydrogens is 152 g/mol. The highest BCUT2D eigenvalue weighted by atomic mass is 19.3. The Morgan fingerprint density at radius 2 is 2.27 bits per heavy atom. The topological polar surface area (TPSA) is 35.2 Å². The molecule has 1 aliphatic heterocycles. The second-order valence-electron chi connectivity index (χ2n) is 3.00. The number of hydrogen-bond acceptors (Lipinski definition) is 2. The van der Waals surface area contributed by atoms with Gasteiger partial charge in [0.25, 0.3) is 0 Å². The van der Waals surface area contributed by atoms with Crippen LogP contribution in [0.15, 0.2) is 0 Å². The van der Waals surface area contributed by atoms with Crippen molar-refractivity contribution in [2.24, 2.45) is 11.1 Å². The fraction of sp³-hybridized carbons (Fsp3) is 1.00. The summed E-state index contributed by atoms with van der Waals surface area (Å²) >= 11 is 0. The molecule has 1 saturated heterocycles. The molecule has 0 aromatic heterocycles. The van der Waals surface area contributed by atoms with Crippen molar-refractivity contribution in [1.82, 2.24) is 0 Å². The summed E-state index contributed by atoms with van der Waals surface area (Å²) < 4.78 is 29.8. The third-order valence-corrected chi connectivity index (χ3v) is 2.24. The molecule has 4 heteroatoms. The molecular formula is C7H13F2NO. The van der Waals surface area contributed by atoms with Gasteiger partial charge in [-0.05, 0) is 19.4 Å². The van der Waals surface area contributed by atoms with E-state index in [0.29, 0.717) is 26.0 Å². The zero-order valence-electron chi connectivity index (χ0n) is 6.35. The van der Waals surface area contributed by atoms with Gasteiger partial charge in [-0.15, -0.1) is 0 Å². The highest BCUT2D eigenvalue weighted by Crippen LogP contribution is 2.37. The molecule has 1 unspecified atom stereocenters. The summed E-state index contributed by atoms with van der Waals surface area (Å²) in [6.45, 7) is 0.930. The molecule has 0 aromatic rings. The van der Waals surface area contributed by atoms with Crippen LogP contribution in [0.4, 0.5) is 8.78 Å². The Balaban J connectivity index is 2.55. The quantitative estimate of drug-likeness (QED) is 0.677. The van der Waals surface area contributed by atoms with Crippen LogP contribution in [0.25, 0.3) is 0 Å². The van der Waals surface area contributed by atoms with Gasteiger partial charge in [-0.1, -0.05) is 0 Å². The van der Waals surface area contributed by atoms with Crippen LogP contribution in [0.2, 0.25) is 0 Å². The van der Waals surface area contributed by atoms with Gasteiger partial charge in [0.2, 0.25) is 6.43 Å². The summed E-state index contributed by atoms with van der Waals surface area (Å²) in [6, 6.07) is 0. The van der Waals surface area contributed by atoms with E-state index >= 15 is 0 Å². The van der Waals surface area contributed by atoms with Crippen molar-refractivity contribution in [1.29, 1.82) is 0 Å². The number of hydrogen-bond donors (Lipinski definition) is 1. The molecule has 0 radical (unpaired) electrons. The maximum absolute atomic E-state index is 12.4. The van der Waals surface area contributed by atoms with E-state index in [0.717, 1.165) is 0 Å². The van der Waals surface area contributed by atoms with E-state index in [1.54, 1.807) is 0 Å². The zero-order chi connectivity index (χ0) is 8.32. The lowest BCUT2D eigenvalue weighted by Gasteiger charge is -2.25. The first-order valence-corrected chi connectivity index (χ1v) is 3.77. The molecule has 0 amide bonds. The predicted molar refractivity (Wildman–Crippen MR) is 37.5 cm³/mol. The Kier molecular flexibility index (Phi) is 2.78. The molecule has 2 N–H and O–H groups in total. The SMILES string of the molecule is NCCC1(C(F)F)CCOC1. The number of halogens is 2. The summed E-state index contributed by atoms with van der Waals surface area (Å²) in [5.74, 6) is 0. The summed E-state index contributed by atoms with van der Waals surface area (Å²) in [5.41, 5.74) is 4.31. The van der Waals surface area contributed by atoms with Crippen molar-refractivity contribution in [2.75, 3.05) is 19.8 Å². The van der Waals surface area contributed by atoms with Crippen molar-refractivity contribution in [2.45, 2.75) is 19.3 Å². The van der Waals surface area contributed by atoms with Gasteiger partial charge in [0.15, 0.2) is 0 Å². The van der Waals surface area contributed by atoms with Crippen LogP contribution in [0.3, 0.4) is 0 Å². The predicted octanol–water partition coefficient (Wildman–Crippen LogP) is 1.01. The second kappa shape index (κ2) is 3.45. The first-order valence-electron chi connectivity index (χ1n) is 3.77. The number of nitrogens with two attached hydrogens (primary N) is 1. The van der Waals surface area contributed by atoms with E-state index in [1.165, 1.54) is 0 Å². The zero-order valence-corrected chi connectivity index (χ0v) is 6.35. The molecule has 0 aliphatic carbocycles. The van der Waals surface area contributed by atoms with Gasteiger partial charge >= 0.3 is 0 Å². The van der Waals surface area contributed by atoms with E-state index in [4.69, 9.17) is 10.5 Å². The lowest BCUT2D eigenvalue weighted by molar-refractivity contribution is -0.0159. The number of ether oxygens (including phenoxy) is 1. The highest BCUT2D eigenvalue weighted by molar-refractivity contribution is 4.85. The molecule has 11 heavy (non-hydrogen) atoms. The molecule has 0 bridgehead atoms. The van der Waals surface area contributed by atoms with Crippen LogP contribution in [0.5, 0.6) is 0 Å². The molecule has 66 valence electrons. The summed E-state index contributed by atoms with van der Waals surface area (Å²) in [4.78, 5) is 0. The average Bonchev–Trinajstić information content (AvgIpc) is 2.38. The van der Waals surface area contributed by atoms with Crippen LogP contribution in [0, 0.1) is 5.41 Å². The first kappa shape index (κ1) is 8.87. The largest absolute Gasteiger partial charge is 0.381 e. The molecule has 2 nitrogen and oxygen atoms in total. The molecule has 1 fully saturated rings. The van der Waals surface area contributed by atoms with Crippen molar-refractivity contribution in [3.05, 3.63) is 0 Å². The normalized spacial score (nSPS) is 31.6. The maximum Gasteiger partial charge on any atom is 0.246 e. The molecule has 0 aromatic carbocycles. The Labute approximate surface area is 64.7 Å². The lowest BCUT2D eigenvalue weighted by atomic mass is 9.84. The number of alkyl halides is 2. The summed E-state index contributed by atoms with van der Waals surface area (Å²) in [7, 11) is 0. The second-order valence-corrected chi connectivity index (χ2v) is 3.00. The fourth-order valence-corrected chi connectivity index (χ4v) is 1.39. The monoisotopic (exact) mass is 165 g/mol. The molecule has 1 atom stereocenters. The van der Waals surface area contributed by atoms with Gasteiger partial charge in [0, 0.05) is 6.61 Å². The van der Waals surface area contributed by atoms with Gasteiger partial charge < -0.3 is 10.5 Å². The van der Waals surface area contributed by atoms with Crippen molar-refractivity contribution < 1.29 is 13.5 Å². The van der Waals surface area contributed by atoms with E-state index in [1.807, 2.05) is 0 Å². The number of rotatable bonds is 3. The van der Waals surface area contributed by atoms with Gasteiger partial charge in [-0.25, -0.2) is 8.78 Å². The minimum Gasteiger partial charge on any atom is -0.381 e. The van der Waals surface area contributed by atoms with Gasteiger partial charge in [0.05, 0.1) is 12.0 Å². The lowest BCUT2D eigenvalue weighted by Crippen LogP contribution is -2.32. The van der Waals surface area contributed by atoms with Gasteiger partial charge in [-0.2, -0.15) is 0 Å². The van der Waals surface area contributed by atoms with Crippen LogP contribution in [0.1, 0.15) is 12.8 Å². The van der Waals surface area contributed by atoms with Crippen molar-refractivity contribution in [3.63, 3.8) is 0 Å². The summed E-state index contributed by atoms with van der Waals surface area (Å²) in [6.07, 6.45) is -1.49. The highest BCUT2D eigenvalue weighted by Gasteiger charge is 2.42. The van der Waals surface area contributed by atoms with Gasteiger partial charge in [0.1, 0.15) is 0 Å². The fourth-order valence-electron chi connectivity index (χ4n) is 1.39. The molecule has 1 heterocycles. The summed E-state index contributed by atoms with van der Waals surface area (Å²) in [5, 5.41) is 0. The molecule has 1 aliphatic rings. The van der Waals surface area contributed by atoms with Crippen molar-refractivity contribution in [3.8, 4) is 0 Å². The maximum atomic E-state index is 12.4. The Hall–Kier alpha value is -0.220. The Morgan fingerprint density at radius 1 is 1.55 bits per heavy atom. The minimum absolute atomic E-state index is 0.169. The third kappa shape index (κ3) is 1.68.